The maximum atomic E-state index is 15.5. The number of rotatable bonds is 5. The molecule has 1 atom stereocenters. The van der Waals surface area contributed by atoms with Gasteiger partial charge in [-0.3, -0.25) is 5.32 Å². The largest absolute Gasteiger partial charge is 0.324 e. The molecular formula is C18H21F3N4O3S2. The van der Waals surface area contributed by atoms with Gasteiger partial charge in [-0.2, -0.15) is 0 Å². The number of nitrogens with zero attached hydrogens (tertiary/aromatic N) is 3. The van der Waals surface area contributed by atoms with Crippen LogP contribution >= 0.6 is 11.5 Å². The van der Waals surface area contributed by atoms with Gasteiger partial charge in [0.15, 0.2) is 0 Å². The molecule has 0 bridgehead atoms. The summed E-state index contributed by atoms with van der Waals surface area (Å²) in [5.74, 6) is -3.96. The SMILES string of the molecule is CC(F)(F)c1ccc(S(=O)(=O)C(C)(F)C2CCN(C(=O)Nc3cnns3)CC2)cc1. The fourth-order valence-electron chi connectivity index (χ4n) is 3.38. The topological polar surface area (TPSA) is 92.3 Å². The minimum Gasteiger partial charge on any atom is -0.324 e. The van der Waals surface area contributed by atoms with Crippen molar-refractivity contribution in [1.29, 1.82) is 0 Å². The second-order valence-electron chi connectivity index (χ2n) is 7.38. The molecule has 1 aliphatic heterocycles. The molecule has 3 rings (SSSR count). The first kappa shape index (κ1) is 22.5. The summed E-state index contributed by atoms with van der Waals surface area (Å²) in [4.78, 5) is 13.4. The van der Waals surface area contributed by atoms with Crippen LogP contribution in [0.25, 0.3) is 0 Å². The number of hydrogen-bond acceptors (Lipinski definition) is 6. The first-order chi connectivity index (χ1) is 13.9. The number of sulfone groups is 1. The molecule has 30 heavy (non-hydrogen) atoms. The van der Waals surface area contributed by atoms with Crippen molar-refractivity contribution < 1.29 is 26.4 Å². The first-order valence-electron chi connectivity index (χ1n) is 9.18. The number of piperidine rings is 1. The minimum absolute atomic E-state index is 0.145. The van der Waals surface area contributed by atoms with E-state index >= 15 is 4.39 Å². The van der Waals surface area contributed by atoms with E-state index < -0.39 is 26.7 Å². The molecule has 0 saturated carbocycles. The highest BCUT2D eigenvalue weighted by atomic mass is 32.2. The smallest absolute Gasteiger partial charge is 0.322 e. The fourth-order valence-corrected chi connectivity index (χ4v) is 5.42. The van der Waals surface area contributed by atoms with E-state index in [1.54, 1.807) is 0 Å². The molecule has 2 heterocycles. The monoisotopic (exact) mass is 462 g/mol. The number of hydrogen-bond donors (Lipinski definition) is 1. The van der Waals surface area contributed by atoms with E-state index in [0.717, 1.165) is 42.7 Å². The van der Waals surface area contributed by atoms with Crippen LogP contribution in [0.1, 0.15) is 32.3 Å². The zero-order chi connectivity index (χ0) is 22.2. The van der Waals surface area contributed by atoms with Gasteiger partial charge in [0.2, 0.25) is 14.8 Å². The normalized spacial score (nSPS) is 18.1. The van der Waals surface area contributed by atoms with Gasteiger partial charge in [0.25, 0.3) is 5.92 Å². The molecule has 0 spiro atoms. The van der Waals surface area contributed by atoms with Gasteiger partial charge in [0.05, 0.1) is 11.1 Å². The summed E-state index contributed by atoms with van der Waals surface area (Å²) >= 11 is 1.02. The van der Waals surface area contributed by atoms with Gasteiger partial charge >= 0.3 is 6.03 Å². The zero-order valence-corrected chi connectivity index (χ0v) is 17.9. The Balaban J connectivity index is 1.68. The quantitative estimate of drug-likeness (QED) is 0.724. The maximum absolute atomic E-state index is 15.5. The average molecular weight is 463 g/mol. The van der Waals surface area contributed by atoms with Gasteiger partial charge in [-0.1, -0.05) is 16.6 Å². The highest BCUT2D eigenvalue weighted by Gasteiger charge is 2.48. The van der Waals surface area contributed by atoms with Crippen LogP contribution in [0.15, 0.2) is 35.4 Å². The number of nitrogens with one attached hydrogen (secondary N) is 1. The lowest BCUT2D eigenvalue weighted by molar-refractivity contribution is 0.0174. The summed E-state index contributed by atoms with van der Waals surface area (Å²) in [6, 6.07) is 3.60. The highest BCUT2D eigenvalue weighted by molar-refractivity contribution is 7.92. The van der Waals surface area contributed by atoms with Crippen molar-refractivity contribution in [3.05, 3.63) is 36.0 Å². The second kappa shape index (κ2) is 8.14. The van der Waals surface area contributed by atoms with Gasteiger partial charge in [-0.25, -0.2) is 26.4 Å². The second-order valence-corrected chi connectivity index (χ2v) is 10.4. The summed E-state index contributed by atoms with van der Waals surface area (Å²) in [6.07, 6.45) is 1.69. The van der Waals surface area contributed by atoms with E-state index in [9.17, 15) is 22.0 Å². The standard InChI is InChI=1S/C18H21F3N4O3S2/c1-17(19,20)12-3-5-14(6-4-12)30(27,28)18(2,21)13-7-9-25(10-8-13)16(26)23-15-11-22-24-29-15/h3-6,11,13H,7-10H2,1-2H3,(H,23,26). The predicted molar refractivity (Wildman–Crippen MR) is 106 cm³/mol. The highest BCUT2D eigenvalue weighted by Crippen LogP contribution is 2.40. The Morgan fingerprint density at radius 1 is 1.17 bits per heavy atom. The van der Waals surface area contributed by atoms with Gasteiger partial charge in [-0.15, -0.1) is 5.10 Å². The number of likely N-dealkylation sites (tertiary alicyclic amines) is 1. The maximum Gasteiger partial charge on any atom is 0.322 e. The molecule has 12 heteroatoms. The van der Waals surface area contributed by atoms with Gasteiger partial charge in [0, 0.05) is 43.0 Å². The van der Waals surface area contributed by atoms with Crippen molar-refractivity contribution in [1.82, 2.24) is 14.5 Å². The third-order valence-corrected chi connectivity index (χ3v) is 8.16. The Labute approximate surface area is 176 Å². The first-order valence-corrected chi connectivity index (χ1v) is 11.4. The summed E-state index contributed by atoms with van der Waals surface area (Å²) in [7, 11) is -4.42. The lowest BCUT2D eigenvalue weighted by Crippen LogP contribution is -2.47. The Morgan fingerprint density at radius 3 is 2.27 bits per heavy atom. The Hall–Kier alpha value is -2.21. The lowest BCUT2D eigenvalue weighted by Gasteiger charge is -2.37. The van der Waals surface area contributed by atoms with E-state index in [1.807, 2.05) is 0 Å². The lowest BCUT2D eigenvalue weighted by atomic mass is 9.92. The van der Waals surface area contributed by atoms with Crippen LogP contribution in [0.5, 0.6) is 0 Å². The average Bonchev–Trinajstić information content (AvgIpc) is 3.20. The molecule has 2 amide bonds. The molecule has 1 fully saturated rings. The van der Waals surface area contributed by atoms with Crippen molar-refractivity contribution in [3.8, 4) is 0 Å². The Kier molecular flexibility index (Phi) is 6.10. The Bertz CT molecular complexity index is 983. The van der Waals surface area contributed by atoms with Crippen LogP contribution in [0, 0.1) is 5.92 Å². The van der Waals surface area contributed by atoms with E-state index in [2.05, 4.69) is 14.9 Å². The summed E-state index contributed by atoms with van der Waals surface area (Å²) in [6.45, 7) is 2.05. The molecular weight excluding hydrogens is 441 g/mol. The molecule has 1 aromatic carbocycles. The molecule has 1 aromatic heterocycles. The molecule has 1 N–H and O–H groups in total. The third-order valence-electron chi connectivity index (χ3n) is 5.30. The molecule has 1 saturated heterocycles. The van der Waals surface area contributed by atoms with Crippen LogP contribution in [-0.2, 0) is 15.8 Å². The molecule has 0 aliphatic carbocycles. The van der Waals surface area contributed by atoms with E-state index in [-0.39, 0.29) is 42.4 Å². The van der Waals surface area contributed by atoms with Gasteiger partial charge in [-0.05, 0) is 31.9 Å². The third kappa shape index (κ3) is 4.43. The van der Waals surface area contributed by atoms with Crippen molar-refractivity contribution in [2.45, 2.75) is 42.5 Å². The molecule has 0 radical (unpaired) electrons. The van der Waals surface area contributed by atoms with Crippen LogP contribution in [0.4, 0.5) is 23.0 Å². The summed E-state index contributed by atoms with van der Waals surface area (Å²) < 4.78 is 71.6. The summed E-state index contributed by atoms with van der Waals surface area (Å²) in [5, 5.41) is 4.11. The van der Waals surface area contributed by atoms with Crippen LogP contribution < -0.4 is 5.32 Å². The number of amides is 2. The molecule has 7 nitrogen and oxygen atoms in total. The number of alkyl halides is 3. The molecule has 164 valence electrons. The van der Waals surface area contributed by atoms with Gasteiger partial charge < -0.3 is 4.90 Å². The van der Waals surface area contributed by atoms with E-state index in [0.29, 0.717) is 11.9 Å². The fraction of sp³-hybridized carbons (Fsp3) is 0.500. The molecule has 2 aromatic rings. The van der Waals surface area contributed by atoms with Crippen molar-refractivity contribution in [2.75, 3.05) is 18.4 Å². The van der Waals surface area contributed by atoms with Crippen molar-refractivity contribution in [2.24, 2.45) is 5.92 Å². The van der Waals surface area contributed by atoms with E-state index in [1.165, 1.54) is 11.1 Å². The van der Waals surface area contributed by atoms with Crippen LogP contribution in [-0.4, -0.2) is 47.0 Å². The van der Waals surface area contributed by atoms with Crippen LogP contribution in [0.2, 0.25) is 0 Å². The number of anilines is 1. The predicted octanol–water partition coefficient (Wildman–Crippen LogP) is 4.05. The number of carbonyl (C=O) groups excluding carboxylic acids is 1. The molecule has 1 unspecified atom stereocenters. The minimum atomic E-state index is -4.42. The number of benzene rings is 1. The number of carbonyl (C=O) groups is 1. The van der Waals surface area contributed by atoms with Gasteiger partial charge in [0.1, 0.15) is 5.00 Å². The van der Waals surface area contributed by atoms with Crippen molar-refractivity contribution in [3.63, 3.8) is 0 Å². The van der Waals surface area contributed by atoms with E-state index in [4.69, 9.17) is 0 Å². The van der Waals surface area contributed by atoms with Crippen molar-refractivity contribution >= 4 is 32.4 Å². The molecule has 1 aliphatic rings. The number of urea groups is 1. The summed E-state index contributed by atoms with van der Waals surface area (Å²) in [5.41, 5.74) is -0.350. The number of aromatic nitrogens is 2. The zero-order valence-electron chi connectivity index (χ0n) is 16.3. The Morgan fingerprint density at radius 2 is 1.77 bits per heavy atom. The number of halogens is 3. The van der Waals surface area contributed by atoms with Crippen LogP contribution in [0.3, 0.4) is 0 Å².